The molecule has 7 nitrogen and oxygen atoms in total. The molecular formula is C23H33N5O2. The minimum absolute atomic E-state index is 0.00386. The van der Waals surface area contributed by atoms with Gasteiger partial charge in [-0.1, -0.05) is 18.2 Å². The number of para-hydroxylation sites is 1. The van der Waals surface area contributed by atoms with Crippen LogP contribution in [0, 0.1) is 19.8 Å². The standard InChI is InChI=1S/C23H33N5O2/c1-5-24-23(27-13-11-19(12-14-27)22(29)30-6-2)25-16-20-9-7-8-10-21(20)28-18(4)15-17(3)26-28/h7-10,15,19H,5-6,11-14,16H2,1-4H3,(H,24,25). The lowest BCUT2D eigenvalue weighted by molar-refractivity contribution is -0.149. The van der Waals surface area contributed by atoms with Gasteiger partial charge in [-0.2, -0.15) is 5.10 Å². The van der Waals surface area contributed by atoms with Crippen LogP contribution in [0.2, 0.25) is 0 Å². The Hall–Kier alpha value is -2.83. The van der Waals surface area contributed by atoms with Gasteiger partial charge >= 0.3 is 5.97 Å². The maximum absolute atomic E-state index is 12.0. The number of aromatic nitrogens is 2. The summed E-state index contributed by atoms with van der Waals surface area (Å²) in [5.74, 6) is 0.816. The van der Waals surface area contributed by atoms with Gasteiger partial charge in [0.15, 0.2) is 5.96 Å². The second-order valence-corrected chi connectivity index (χ2v) is 7.65. The van der Waals surface area contributed by atoms with Gasteiger partial charge in [0.2, 0.25) is 0 Å². The van der Waals surface area contributed by atoms with Crippen LogP contribution in [-0.2, 0) is 16.1 Å². The molecule has 0 amide bonds. The number of ether oxygens (including phenoxy) is 1. The predicted molar refractivity (Wildman–Crippen MR) is 119 cm³/mol. The molecule has 0 atom stereocenters. The fourth-order valence-corrected chi connectivity index (χ4v) is 3.90. The zero-order chi connectivity index (χ0) is 21.5. The molecule has 0 bridgehead atoms. The molecule has 1 aromatic carbocycles. The Kier molecular flexibility index (Phi) is 7.49. The summed E-state index contributed by atoms with van der Waals surface area (Å²) in [6, 6.07) is 10.3. The maximum atomic E-state index is 12.0. The number of carbonyl (C=O) groups excluding carboxylic acids is 1. The molecule has 0 unspecified atom stereocenters. The van der Waals surface area contributed by atoms with E-state index < -0.39 is 0 Å². The SMILES string of the molecule is CCNC(=NCc1ccccc1-n1nc(C)cc1C)N1CCC(C(=O)OCC)CC1. The van der Waals surface area contributed by atoms with Crippen LogP contribution in [0.1, 0.15) is 43.6 Å². The Morgan fingerprint density at radius 1 is 1.23 bits per heavy atom. The first kappa shape index (κ1) is 21.9. The van der Waals surface area contributed by atoms with Gasteiger partial charge in [-0.05, 0) is 58.2 Å². The van der Waals surface area contributed by atoms with Crippen molar-refractivity contribution in [2.45, 2.75) is 47.1 Å². The number of piperidine rings is 1. The summed E-state index contributed by atoms with van der Waals surface area (Å²) < 4.78 is 7.17. The topological polar surface area (TPSA) is 71.8 Å². The summed E-state index contributed by atoms with van der Waals surface area (Å²) in [4.78, 5) is 19.2. The van der Waals surface area contributed by atoms with Gasteiger partial charge < -0.3 is 15.0 Å². The zero-order valence-electron chi connectivity index (χ0n) is 18.5. The molecule has 2 heterocycles. The van der Waals surface area contributed by atoms with Gasteiger partial charge in [0.25, 0.3) is 0 Å². The number of guanidine groups is 1. The summed E-state index contributed by atoms with van der Waals surface area (Å²) in [5, 5.41) is 8.04. The molecule has 1 aliphatic heterocycles. The average Bonchev–Trinajstić information content (AvgIpc) is 3.09. The van der Waals surface area contributed by atoms with Crippen molar-refractivity contribution in [3.05, 3.63) is 47.3 Å². The van der Waals surface area contributed by atoms with E-state index in [1.165, 1.54) is 0 Å². The number of aryl methyl sites for hydroxylation is 2. The molecule has 1 N–H and O–H groups in total. The molecule has 0 radical (unpaired) electrons. The highest BCUT2D eigenvalue weighted by Crippen LogP contribution is 2.20. The third-order valence-corrected chi connectivity index (χ3v) is 5.38. The normalized spacial score (nSPS) is 15.3. The van der Waals surface area contributed by atoms with Crippen molar-refractivity contribution in [1.29, 1.82) is 0 Å². The molecule has 3 rings (SSSR count). The van der Waals surface area contributed by atoms with Crippen LogP contribution < -0.4 is 5.32 Å². The lowest BCUT2D eigenvalue weighted by atomic mass is 9.97. The van der Waals surface area contributed by atoms with Crippen LogP contribution in [0.25, 0.3) is 5.69 Å². The Labute approximate surface area is 179 Å². The summed E-state index contributed by atoms with van der Waals surface area (Å²) in [5.41, 5.74) is 4.30. The number of hydrogen-bond acceptors (Lipinski definition) is 4. The number of nitrogens with one attached hydrogen (secondary N) is 1. The molecule has 0 aliphatic carbocycles. The van der Waals surface area contributed by atoms with Crippen LogP contribution in [0.4, 0.5) is 0 Å². The molecule has 162 valence electrons. The Morgan fingerprint density at radius 3 is 2.60 bits per heavy atom. The van der Waals surface area contributed by atoms with E-state index in [0.717, 1.165) is 61.1 Å². The quantitative estimate of drug-likeness (QED) is 0.449. The first-order valence-electron chi connectivity index (χ1n) is 10.8. The first-order valence-corrected chi connectivity index (χ1v) is 10.8. The van der Waals surface area contributed by atoms with Crippen molar-refractivity contribution in [2.24, 2.45) is 10.9 Å². The Bertz CT molecular complexity index is 881. The molecule has 1 aliphatic rings. The summed E-state index contributed by atoms with van der Waals surface area (Å²) in [6.07, 6.45) is 1.59. The number of carbonyl (C=O) groups is 1. The highest BCUT2D eigenvalue weighted by atomic mass is 16.5. The van der Waals surface area contributed by atoms with Crippen molar-refractivity contribution < 1.29 is 9.53 Å². The third kappa shape index (κ3) is 5.20. The monoisotopic (exact) mass is 411 g/mol. The van der Waals surface area contributed by atoms with E-state index in [-0.39, 0.29) is 11.9 Å². The molecule has 7 heteroatoms. The van der Waals surface area contributed by atoms with Gasteiger partial charge in [0.05, 0.1) is 30.5 Å². The number of hydrogen-bond donors (Lipinski definition) is 1. The number of rotatable bonds is 6. The van der Waals surface area contributed by atoms with Crippen LogP contribution in [0.5, 0.6) is 0 Å². The van der Waals surface area contributed by atoms with Crippen LogP contribution in [0.15, 0.2) is 35.3 Å². The fourth-order valence-electron chi connectivity index (χ4n) is 3.90. The van der Waals surface area contributed by atoms with Crippen LogP contribution in [-0.4, -0.2) is 52.9 Å². The first-order chi connectivity index (χ1) is 14.5. The molecule has 30 heavy (non-hydrogen) atoms. The van der Waals surface area contributed by atoms with Crippen molar-refractivity contribution >= 4 is 11.9 Å². The molecule has 1 saturated heterocycles. The average molecular weight is 412 g/mol. The number of aliphatic imine (C=N–C) groups is 1. The van der Waals surface area contributed by atoms with E-state index in [4.69, 9.17) is 9.73 Å². The van der Waals surface area contributed by atoms with E-state index in [9.17, 15) is 4.79 Å². The molecule has 0 saturated carbocycles. The van der Waals surface area contributed by atoms with Crippen LogP contribution >= 0.6 is 0 Å². The van der Waals surface area contributed by atoms with E-state index in [0.29, 0.717) is 13.2 Å². The highest BCUT2D eigenvalue weighted by Gasteiger charge is 2.27. The zero-order valence-corrected chi connectivity index (χ0v) is 18.5. The molecule has 1 aromatic heterocycles. The fraction of sp³-hybridized carbons (Fsp3) is 0.522. The van der Waals surface area contributed by atoms with E-state index >= 15 is 0 Å². The number of nitrogens with zero attached hydrogens (tertiary/aromatic N) is 4. The summed E-state index contributed by atoms with van der Waals surface area (Å²) >= 11 is 0. The van der Waals surface area contributed by atoms with E-state index in [2.05, 4.69) is 47.4 Å². The van der Waals surface area contributed by atoms with Gasteiger partial charge in [0.1, 0.15) is 0 Å². The Morgan fingerprint density at radius 2 is 1.97 bits per heavy atom. The van der Waals surface area contributed by atoms with Crippen molar-refractivity contribution in [1.82, 2.24) is 20.0 Å². The number of likely N-dealkylation sites (tertiary alicyclic amines) is 1. The van der Waals surface area contributed by atoms with Gasteiger partial charge in [-0.15, -0.1) is 0 Å². The van der Waals surface area contributed by atoms with Gasteiger partial charge in [-0.3, -0.25) is 4.79 Å². The predicted octanol–water partition coefficient (Wildman–Crippen LogP) is 3.23. The largest absolute Gasteiger partial charge is 0.466 e. The van der Waals surface area contributed by atoms with Crippen LogP contribution in [0.3, 0.4) is 0 Å². The van der Waals surface area contributed by atoms with Crippen molar-refractivity contribution in [3.63, 3.8) is 0 Å². The summed E-state index contributed by atoms with van der Waals surface area (Å²) in [7, 11) is 0. The Balaban J connectivity index is 1.74. The molecule has 1 fully saturated rings. The second-order valence-electron chi connectivity index (χ2n) is 7.65. The maximum Gasteiger partial charge on any atom is 0.309 e. The van der Waals surface area contributed by atoms with Gasteiger partial charge in [0, 0.05) is 25.3 Å². The number of esters is 1. The minimum atomic E-state index is -0.0714. The molecular weight excluding hydrogens is 378 g/mol. The minimum Gasteiger partial charge on any atom is -0.466 e. The van der Waals surface area contributed by atoms with E-state index in [1.807, 2.05) is 30.7 Å². The number of benzene rings is 1. The third-order valence-electron chi connectivity index (χ3n) is 5.38. The summed E-state index contributed by atoms with van der Waals surface area (Å²) in [6.45, 7) is 11.4. The van der Waals surface area contributed by atoms with Crippen molar-refractivity contribution in [3.8, 4) is 5.69 Å². The molecule has 2 aromatic rings. The van der Waals surface area contributed by atoms with Gasteiger partial charge in [-0.25, -0.2) is 9.67 Å². The molecule has 0 spiro atoms. The van der Waals surface area contributed by atoms with E-state index in [1.54, 1.807) is 0 Å². The second kappa shape index (κ2) is 10.3. The lowest BCUT2D eigenvalue weighted by Crippen LogP contribution is -2.46. The lowest BCUT2D eigenvalue weighted by Gasteiger charge is -2.33. The highest BCUT2D eigenvalue weighted by molar-refractivity contribution is 5.80. The smallest absolute Gasteiger partial charge is 0.309 e. The van der Waals surface area contributed by atoms with Crippen molar-refractivity contribution in [2.75, 3.05) is 26.2 Å².